The molecule has 4 heterocycles. The minimum atomic E-state index is -4.02. The van der Waals surface area contributed by atoms with Crippen molar-refractivity contribution in [2.75, 3.05) is 0 Å². The molecule has 8 aromatic rings. The Kier molecular flexibility index (Phi) is 11.3. The van der Waals surface area contributed by atoms with Crippen molar-refractivity contribution < 1.29 is 31.4 Å². The minimum Gasteiger partial charge on any atom is -0.282 e. The molecular formula is C41H36N8O5S3+2. The third-order valence-electron chi connectivity index (χ3n) is 8.95. The van der Waals surface area contributed by atoms with Gasteiger partial charge in [-0.25, -0.2) is 20.0 Å². The highest BCUT2D eigenvalue weighted by Crippen LogP contribution is 2.23. The predicted molar refractivity (Wildman–Crippen MR) is 221 cm³/mol. The molecular weight excluding hydrogens is 781 g/mol. The Morgan fingerprint density at radius 2 is 1.05 bits per heavy atom. The van der Waals surface area contributed by atoms with Crippen molar-refractivity contribution in [2.24, 2.45) is 24.3 Å². The number of carbonyl (C=O) groups is 2. The molecule has 2 amide bonds. The highest BCUT2D eigenvalue weighted by atomic mass is 32.2. The van der Waals surface area contributed by atoms with Crippen molar-refractivity contribution in [1.82, 2.24) is 20.0 Å². The number of carbonyl (C=O) groups excluding carboxylic acids is 2. The molecule has 0 unspecified atom stereocenters. The van der Waals surface area contributed by atoms with Crippen molar-refractivity contribution in [3.05, 3.63) is 160 Å². The topological polar surface area (TPSA) is 155 Å². The van der Waals surface area contributed by atoms with E-state index < -0.39 is 10.1 Å². The molecule has 0 atom stereocenters. The number of aromatic nitrogens is 4. The van der Waals surface area contributed by atoms with Crippen molar-refractivity contribution >= 4 is 67.0 Å². The van der Waals surface area contributed by atoms with Crippen LogP contribution in [0, 0.1) is 6.92 Å². The molecule has 4 aromatic heterocycles. The number of fused-ring (bicyclic) bond motifs is 2. The summed E-state index contributed by atoms with van der Waals surface area (Å²) >= 11 is 3.38. The summed E-state index contributed by atoms with van der Waals surface area (Å²) in [5.74, 6) is -0.757. The van der Waals surface area contributed by atoms with Gasteiger partial charge < -0.3 is 0 Å². The molecule has 16 heteroatoms. The molecule has 13 nitrogen and oxygen atoms in total. The van der Waals surface area contributed by atoms with E-state index in [9.17, 15) is 18.0 Å². The second-order valence-corrected chi connectivity index (χ2v) is 16.0. The zero-order valence-corrected chi connectivity index (χ0v) is 33.3. The first-order valence-electron chi connectivity index (χ1n) is 17.3. The molecule has 0 aliphatic carbocycles. The van der Waals surface area contributed by atoms with E-state index in [0.717, 1.165) is 49.1 Å². The van der Waals surface area contributed by atoms with Crippen LogP contribution in [0.4, 0.5) is 0 Å². The van der Waals surface area contributed by atoms with Crippen LogP contribution in [-0.2, 0) is 24.2 Å². The average molecular weight is 817 g/mol. The standard InChI is InChI=1S/C34H26N8O2S2.C7H8O3S/c1-39-29(21-41-15-17-45-33(39)41)25-7-3-23(4-8-25)19-35-37-31(43)27-11-13-28(14-12-27)32(44)38-36-20-24-5-9-26(10-6-24)30-22-42-16-18-46-34(42)40(30)2;1-6-2-4-7(5-3-6)11(8,9)10/h3-22H,1-2H3;2-5H,1H3,(H,8,9,10)/p+2/b35-19+,36-20+;. The lowest BCUT2D eigenvalue weighted by molar-refractivity contribution is -0.505. The first-order chi connectivity index (χ1) is 27.4. The molecule has 0 radical (unpaired) electrons. The van der Waals surface area contributed by atoms with Gasteiger partial charge >= 0.3 is 9.92 Å². The fourth-order valence-corrected chi connectivity index (χ4v) is 7.96. The molecule has 0 aliphatic rings. The number of imidazole rings is 2. The van der Waals surface area contributed by atoms with Gasteiger partial charge in [0.15, 0.2) is 11.4 Å². The van der Waals surface area contributed by atoms with Crippen molar-refractivity contribution in [3.8, 4) is 22.5 Å². The van der Waals surface area contributed by atoms with Crippen LogP contribution in [0.5, 0.6) is 0 Å². The number of nitrogens with one attached hydrogen (secondary N) is 2. The van der Waals surface area contributed by atoms with Crippen molar-refractivity contribution in [2.45, 2.75) is 11.8 Å². The second kappa shape index (κ2) is 16.6. The first kappa shape index (κ1) is 38.7. The minimum absolute atomic E-state index is 0.0666. The summed E-state index contributed by atoms with van der Waals surface area (Å²) in [7, 11) is 0.0775. The van der Waals surface area contributed by atoms with Gasteiger partial charge in [0.2, 0.25) is 0 Å². The molecule has 57 heavy (non-hydrogen) atoms. The smallest absolute Gasteiger partial charge is 0.282 e. The largest absolute Gasteiger partial charge is 0.345 e. The Balaban J connectivity index is 0.000000391. The number of hydrogen-bond donors (Lipinski definition) is 3. The monoisotopic (exact) mass is 816 g/mol. The van der Waals surface area contributed by atoms with Gasteiger partial charge in [0, 0.05) is 33.0 Å². The van der Waals surface area contributed by atoms with Crippen LogP contribution >= 0.6 is 22.7 Å². The number of thiazole rings is 2. The van der Waals surface area contributed by atoms with Crippen LogP contribution in [0.25, 0.3) is 32.4 Å². The first-order valence-corrected chi connectivity index (χ1v) is 20.5. The molecule has 0 bridgehead atoms. The lowest BCUT2D eigenvalue weighted by atomic mass is 10.1. The molecule has 0 saturated heterocycles. The summed E-state index contributed by atoms with van der Waals surface area (Å²) in [6.45, 7) is 1.84. The zero-order valence-electron chi connectivity index (χ0n) is 30.8. The molecule has 4 aromatic carbocycles. The zero-order chi connectivity index (χ0) is 40.1. The lowest BCUT2D eigenvalue weighted by Crippen LogP contribution is -2.19. The van der Waals surface area contributed by atoms with Gasteiger partial charge in [0.1, 0.15) is 24.8 Å². The molecule has 0 aliphatic heterocycles. The normalized spacial score (nSPS) is 11.6. The Morgan fingerprint density at radius 1 is 0.649 bits per heavy atom. The SMILES string of the molecule is Cc1ccc(S(=O)(=O)O)cc1.Cn1c(-c2ccc(/C=N/NC(=O)c3ccc(C(=O)N/N=C/c4ccc(-c5c[n+]6ccsc6n5C)cc4)cc3)cc2)c[n+]2ccsc12. The number of aryl methyl sites for hydroxylation is 3. The molecule has 3 N–H and O–H groups in total. The fraction of sp³-hybridized carbons (Fsp3) is 0.0732. The van der Waals surface area contributed by atoms with Gasteiger partial charge in [-0.3, -0.25) is 14.1 Å². The molecule has 0 spiro atoms. The molecule has 8 rings (SSSR count). The summed E-state index contributed by atoms with van der Waals surface area (Å²) in [5, 5.41) is 12.3. The van der Waals surface area contributed by atoms with E-state index >= 15 is 0 Å². The Hall–Kier alpha value is -6.59. The number of benzene rings is 4. The van der Waals surface area contributed by atoms with Crippen LogP contribution < -0.4 is 19.7 Å². The van der Waals surface area contributed by atoms with Crippen molar-refractivity contribution in [1.29, 1.82) is 0 Å². The van der Waals surface area contributed by atoms with E-state index in [1.165, 1.54) is 12.1 Å². The lowest BCUT2D eigenvalue weighted by Gasteiger charge is -2.03. The number of nitrogens with zero attached hydrogens (tertiary/aromatic N) is 6. The summed E-state index contributed by atoms with van der Waals surface area (Å²) < 4.78 is 38.1. The fourth-order valence-electron chi connectivity index (χ4n) is 5.87. The molecule has 286 valence electrons. The van der Waals surface area contributed by atoms with Crippen molar-refractivity contribution in [3.63, 3.8) is 0 Å². The maximum Gasteiger partial charge on any atom is 0.345 e. The van der Waals surface area contributed by atoms with Gasteiger partial charge in [-0.1, -0.05) is 64.6 Å². The van der Waals surface area contributed by atoms with Gasteiger partial charge in [-0.2, -0.15) is 27.4 Å². The molecule has 0 saturated carbocycles. The summed E-state index contributed by atoms with van der Waals surface area (Å²) in [6, 6.07) is 28.2. The summed E-state index contributed by atoms with van der Waals surface area (Å²) in [4.78, 5) is 27.4. The van der Waals surface area contributed by atoms with Gasteiger partial charge in [-0.05, 0) is 78.7 Å². The van der Waals surface area contributed by atoms with Crippen LogP contribution in [0.1, 0.15) is 37.4 Å². The highest BCUT2D eigenvalue weighted by molar-refractivity contribution is 7.85. The van der Waals surface area contributed by atoms with E-state index in [-0.39, 0.29) is 16.7 Å². The van der Waals surface area contributed by atoms with E-state index in [0.29, 0.717) is 11.1 Å². The van der Waals surface area contributed by atoms with E-state index in [2.05, 4.69) is 62.1 Å². The second-order valence-electron chi connectivity index (χ2n) is 12.8. The van der Waals surface area contributed by atoms with Crippen LogP contribution in [0.15, 0.2) is 148 Å². The van der Waals surface area contributed by atoms with Crippen LogP contribution in [-0.4, -0.2) is 46.3 Å². The maximum absolute atomic E-state index is 12.6. The van der Waals surface area contributed by atoms with Crippen LogP contribution in [0.2, 0.25) is 0 Å². The Morgan fingerprint density at radius 3 is 1.42 bits per heavy atom. The summed E-state index contributed by atoms with van der Waals surface area (Å²) in [5.41, 5.74) is 12.9. The number of hydrogen-bond acceptors (Lipinski definition) is 8. The predicted octanol–water partition coefficient (Wildman–Crippen LogP) is 6.07. The van der Waals surface area contributed by atoms with Crippen LogP contribution in [0.3, 0.4) is 0 Å². The Bertz CT molecular complexity index is 2710. The Labute approximate surface area is 335 Å². The number of amides is 2. The highest BCUT2D eigenvalue weighted by Gasteiger charge is 2.18. The quantitative estimate of drug-likeness (QED) is 0.0699. The van der Waals surface area contributed by atoms with E-state index in [4.69, 9.17) is 4.55 Å². The third-order valence-corrected chi connectivity index (χ3v) is 11.7. The van der Waals surface area contributed by atoms with E-state index in [1.807, 2.05) is 81.9 Å². The average Bonchev–Trinajstić information content (AvgIpc) is 4.00. The van der Waals surface area contributed by atoms with Gasteiger partial charge in [-0.15, -0.1) is 0 Å². The maximum atomic E-state index is 12.6. The third kappa shape index (κ3) is 8.95. The van der Waals surface area contributed by atoms with E-state index in [1.54, 1.807) is 71.5 Å². The summed E-state index contributed by atoms with van der Waals surface area (Å²) in [6.07, 6.45) is 11.5. The number of hydrazone groups is 2. The molecule has 0 fully saturated rings. The van der Waals surface area contributed by atoms with Gasteiger partial charge in [0.25, 0.3) is 21.9 Å². The van der Waals surface area contributed by atoms with Gasteiger partial charge in [0.05, 0.1) is 31.4 Å². The number of rotatable bonds is 9.